The summed E-state index contributed by atoms with van der Waals surface area (Å²) in [6.45, 7) is -0.286. The van der Waals surface area contributed by atoms with Crippen molar-refractivity contribution in [1.29, 1.82) is 0 Å². The van der Waals surface area contributed by atoms with Gasteiger partial charge in [-0.1, -0.05) is 6.07 Å². The molecule has 1 aromatic carbocycles. The fraction of sp³-hybridized carbons (Fsp3) is 0.308. The third-order valence-corrected chi connectivity index (χ3v) is 2.86. The summed E-state index contributed by atoms with van der Waals surface area (Å²) in [5.41, 5.74) is 0.0607. The second-order valence-corrected chi connectivity index (χ2v) is 4.36. The lowest BCUT2D eigenvalue weighted by Gasteiger charge is -2.11. The highest BCUT2D eigenvalue weighted by Gasteiger charge is 2.30. The molecule has 0 unspecified atom stereocenters. The molecule has 0 aliphatic carbocycles. The molecule has 2 rings (SSSR count). The van der Waals surface area contributed by atoms with Crippen molar-refractivity contribution in [3.63, 3.8) is 0 Å². The number of hydrogen-bond donors (Lipinski definition) is 1. The summed E-state index contributed by atoms with van der Waals surface area (Å²) < 4.78 is 30.6. The van der Waals surface area contributed by atoms with Crippen LogP contribution < -0.4 is 5.32 Å². The van der Waals surface area contributed by atoms with Crippen LogP contribution >= 0.6 is 0 Å². The number of hydrogen-bond acceptors (Lipinski definition) is 4. The SMILES string of the molecule is O=C(Cc1ccc(F)cc1F)NCCN1C(=O)COC1=O. The minimum atomic E-state index is -0.802. The minimum Gasteiger partial charge on any atom is -0.439 e. The van der Waals surface area contributed by atoms with Crippen molar-refractivity contribution in [3.8, 4) is 0 Å². The molecule has 1 N–H and O–H groups in total. The maximum atomic E-state index is 13.3. The van der Waals surface area contributed by atoms with E-state index in [2.05, 4.69) is 10.1 Å². The van der Waals surface area contributed by atoms with Crippen molar-refractivity contribution in [1.82, 2.24) is 10.2 Å². The first-order chi connectivity index (χ1) is 9.97. The van der Waals surface area contributed by atoms with E-state index in [9.17, 15) is 23.2 Å². The Morgan fingerprint density at radius 1 is 1.33 bits per heavy atom. The fourth-order valence-corrected chi connectivity index (χ4v) is 1.80. The maximum Gasteiger partial charge on any atom is 0.417 e. The van der Waals surface area contributed by atoms with Crippen molar-refractivity contribution in [2.45, 2.75) is 6.42 Å². The normalized spacial score (nSPS) is 14.3. The number of nitrogens with one attached hydrogen (secondary N) is 1. The highest BCUT2D eigenvalue weighted by atomic mass is 19.1. The number of benzene rings is 1. The van der Waals surface area contributed by atoms with Crippen molar-refractivity contribution < 1.29 is 27.9 Å². The molecule has 0 atom stereocenters. The smallest absolute Gasteiger partial charge is 0.417 e. The molecule has 1 saturated heterocycles. The van der Waals surface area contributed by atoms with Crippen LogP contribution in [0.5, 0.6) is 0 Å². The van der Waals surface area contributed by atoms with Gasteiger partial charge >= 0.3 is 6.09 Å². The summed E-state index contributed by atoms with van der Waals surface area (Å²) in [5, 5.41) is 2.44. The molecule has 1 aliphatic rings. The van der Waals surface area contributed by atoms with Gasteiger partial charge in [0.2, 0.25) is 5.91 Å². The van der Waals surface area contributed by atoms with Gasteiger partial charge in [-0.05, 0) is 11.6 Å². The zero-order valence-corrected chi connectivity index (χ0v) is 10.9. The average Bonchev–Trinajstić information content (AvgIpc) is 2.74. The van der Waals surface area contributed by atoms with Gasteiger partial charge in [0.25, 0.3) is 5.91 Å². The summed E-state index contributed by atoms with van der Waals surface area (Å²) in [4.78, 5) is 34.8. The highest BCUT2D eigenvalue weighted by Crippen LogP contribution is 2.10. The Labute approximate surface area is 118 Å². The number of amides is 3. The van der Waals surface area contributed by atoms with Gasteiger partial charge in [-0.15, -0.1) is 0 Å². The molecule has 1 aliphatic heterocycles. The van der Waals surface area contributed by atoms with Crippen LogP contribution in [0.2, 0.25) is 0 Å². The van der Waals surface area contributed by atoms with Gasteiger partial charge in [0, 0.05) is 19.2 Å². The summed E-state index contributed by atoms with van der Waals surface area (Å²) in [6.07, 6.45) is -1.01. The zero-order chi connectivity index (χ0) is 15.4. The topological polar surface area (TPSA) is 75.7 Å². The number of cyclic esters (lactones) is 1. The van der Waals surface area contributed by atoms with Gasteiger partial charge in [-0.3, -0.25) is 9.59 Å². The molecule has 1 fully saturated rings. The van der Waals surface area contributed by atoms with Gasteiger partial charge in [-0.2, -0.15) is 0 Å². The first kappa shape index (κ1) is 14.9. The minimum absolute atomic E-state index is 0.0185. The molecular weight excluding hydrogens is 286 g/mol. The molecule has 0 saturated carbocycles. The van der Waals surface area contributed by atoms with Gasteiger partial charge in [0.05, 0.1) is 6.42 Å². The molecule has 0 radical (unpaired) electrons. The molecule has 0 aromatic heterocycles. The molecule has 3 amide bonds. The number of nitrogens with zero attached hydrogens (tertiary/aromatic N) is 1. The van der Waals surface area contributed by atoms with Crippen LogP contribution in [0.4, 0.5) is 13.6 Å². The van der Waals surface area contributed by atoms with Crippen LogP contribution in [0.25, 0.3) is 0 Å². The van der Waals surface area contributed by atoms with Crippen molar-refractivity contribution >= 4 is 17.9 Å². The molecular formula is C13H12F2N2O4. The van der Waals surface area contributed by atoms with E-state index in [0.717, 1.165) is 11.0 Å². The summed E-state index contributed by atoms with van der Waals surface area (Å²) >= 11 is 0. The maximum absolute atomic E-state index is 13.3. The monoisotopic (exact) mass is 298 g/mol. The number of imide groups is 1. The van der Waals surface area contributed by atoms with E-state index < -0.39 is 29.5 Å². The van der Waals surface area contributed by atoms with Gasteiger partial charge in [0.1, 0.15) is 11.6 Å². The standard InChI is InChI=1S/C13H12F2N2O4/c14-9-2-1-8(10(15)6-9)5-11(18)16-3-4-17-12(19)7-21-13(17)20/h1-2,6H,3-5,7H2,(H,16,18). The average molecular weight is 298 g/mol. The number of halogens is 2. The quantitative estimate of drug-likeness (QED) is 0.864. The molecule has 0 spiro atoms. The van der Waals surface area contributed by atoms with Crippen LogP contribution in [-0.2, 0) is 20.7 Å². The lowest BCUT2D eigenvalue weighted by atomic mass is 10.1. The number of ether oxygens (including phenoxy) is 1. The molecule has 112 valence electrons. The lowest BCUT2D eigenvalue weighted by Crippen LogP contribution is -2.38. The van der Waals surface area contributed by atoms with E-state index in [1.165, 1.54) is 6.07 Å². The van der Waals surface area contributed by atoms with E-state index in [0.29, 0.717) is 6.07 Å². The van der Waals surface area contributed by atoms with E-state index in [1.54, 1.807) is 0 Å². The van der Waals surface area contributed by atoms with E-state index in [-0.39, 0.29) is 31.7 Å². The second-order valence-electron chi connectivity index (χ2n) is 4.36. The van der Waals surface area contributed by atoms with Gasteiger partial charge < -0.3 is 10.1 Å². The summed E-state index contributed by atoms with van der Waals surface area (Å²) in [7, 11) is 0. The predicted octanol–water partition coefficient (Wildman–Crippen LogP) is 0.602. The molecule has 1 heterocycles. The second kappa shape index (κ2) is 6.29. The lowest BCUT2D eigenvalue weighted by molar-refractivity contribution is -0.126. The summed E-state index contributed by atoms with van der Waals surface area (Å²) in [6, 6.07) is 2.94. The van der Waals surface area contributed by atoms with Crippen LogP contribution in [0.1, 0.15) is 5.56 Å². The highest BCUT2D eigenvalue weighted by molar-refractivity contribution is 5.97. The van der Waals surface area contributed by atoms with E-state index in [4.69, 9.17) is 0 Å². The van der Waals surface area contributed by atoms with Crippen LogP contribution in [0, 0.1) is 11.6 Å². The molecule has 1 aromatic rings. The Morgan fingerprint density at radius 2 is 2.10 bits per heavy atom. The number of carbonyl (C=O) groups is 3. The van der Waals surface area contributed by atoms with Crippen LogP contribution in [0.3, 0.4) is 0 Å². The molecule has 8 heteroatoms. The molecule has 21 heavy (non-hydrogen) atoms. The Kier molecular flexibility index (Phi) is 4.46. The Hall–Kier alpha value is -2.51. The molecule has 0 bridgehead atoms. The number of carbonyl (C=O) groups excluding carboxylic acids is 3. The van der Waals surface area contributed by atoms with Crippen LogP contribution in [0.15, 0.2) is 18.2 Å². The van der Waals surface area contributed by atoms with Crippen molar-refractivity contribution in [3.05, 3.63) is 35.4 Å². The Balaban J connectivity index is 1.80. The zero-order valence-electron chi connectivity index (χ0n) is 10.9. The third kappa shape index (κ3) is 3.74. The largest absolute Gasteiger partial charge is 0.439 e. The first-order valence-corrected chi connectivity index (χ1v) is 6.15. The Morgan fingerprint density at radius 3 is 2.71 bits per heavy atom. The third-order valence-electron chi connectivity index (χ3n) is 2.86. The fourth-order valence-electron chi connectivity index (χ4n) is 1.80. The van der Waals surface area contributed by atoms with Gasteiger partial charge in [0.15, 0.2) is 6.61 Å². The van der Waals surface area contributed by atoms with Crippen LogP contribution in [-0.4, -0.2) is 42.5 Å². The summed E-state index contributed by atoms with van der Waals surface area (Å²) in [5.74, 6) is -2.49. The van der Waals surface area contributed by atoms with Gasteiger partial charge in [-0.25, -0.2) is 18.5 Å². The van der Waals surface area contributed by atoms with E-state index >= 15 is 0 Å². The first-order valence-electron chi connectivity index (χ1n) is 6.15. The predicted molar refractivity (Wildman–Crippen MR) is 66.1 cm³/mol. The van der Waals surface area contributed by atoms with Crippen molar-refractivity contribution in [2.24, 2.45) is 0 Å². The number of rotatable bonds is 5. The van der Waals surface area contributed by atoms with Crippen molar-refractivity contribution in [2.75, 3.05) is 19.7 Å². The van der Waals surface area contributed by atoms with E-state index in [1.807, 2.05) is 0 Å². The Bertz CT molecular complexity index is 576. The molecule has 6 nitrogen and oxygen atoms in total.